The summed E-state index contributed by atoms with van der Waals surface area (Å²) in [5.41, 5.74) is 10.1. The summed E-state index contributed by atoms with van der Waals surface area (Å²) in [6.07, 6.45) is 3.10. The van der Waals surface area contributed by atoms with Gasteiger partial charge in [0.05, 0.1) is 22.6 Å². The number of aromatic nitrogens is 4. The molecule has 3 aromatic heterocycles. The highest BCUT2D eigenvalue weighted by Crippen LogP contribution is 2.29. The standard InChI is InChI=1S/C28H22ClFN8O/c1-15(17-4-6-21(30)7-5-17)36-28(39)23-8-16(11-31)12-33-26(23)34-13-19-3-2-18(10-24(19)29)20-9-22-25(32)37-38-27(22)35-14-20/h2-10,12,14-15H,13H2,1H3,(H,33,34)(H,36,39)(H3,32,35,37,38). The fraction of sp³-hybridized carbons (Fsp3) is 0.107. The monoisotopic (exact) mass is 540 g/mol. The van der Waals surface area contributed by atoms with Crippen LogP contribution in [0, 0.1) is 17.1 Å². The van der Waals surface area contributed by atoms with Crippen LogP contribution in [0.25, 0.3) is 22.2 Å². The van der Waals surface area contributed by atoms with Crippen LogP contribution < -0.4 is 16.4 Å². The molecule has 2 aromatic carbocycles. The van der Waals surface area contributed by atoms with Crippen molar-refractivity contribution in [2.75, 3.05) is 11.1 Å². The highest BCUT2D eigenvalue weighted by molar-refractivity contribution is 6.31. The van der Waals surface area contributed by atoms with Gasteiger partial charge < -0.3 is 16.4 Å². The van der Waals surface area contributed by atoms with Gasteiger partial charge in [0.2, 0.25) is 0 Å². The maximum atomic E-state index is 13.3. The molecule has 1 unspecified atom stereocenters. The van der Waals surface area contributed by atoms with E-state index >= 15 is 0 Å². The number of aromatic amines is 1. The quantitative estimate of drug-likeness (QED) is 0.217. The molecule has 0 saturated carbocycles. The van der Waals surface area contributed by atoms with E-state index in [9.17, 15) is 14.4 Å². The normalized spacial score (nSPS) is 11.6. The molecule has 1 amide bonds. The SMILES string of the molecule is CC(NC(=O)c1cc(C#N)cnc1NCc1ccc(-c2cnc3[nH]nc(N)c3c2)cc1Cl)c1ccc(F)cc1. The molecule has 1 atom stereocenters. The summed E-state index contributed by atoms with van der Waals surface area (Å²) >= 11 is 6.60. The Balaban J connectivity index is 1.34. The Morgan fingerprint density at radius 2 is 1.92 bits per heavy atom. The molecular weight excluding hydrogens is 519 g/mol. The first-order valence-corrected chi connectivity index (χ1v) is 12.3. The lowest BCUT2D eigenvalue weighted by molar-refractivity contribution is 0.0940. The molecule has 0 aliphatic carbocycles. The lowest BCUT2D eigenvalue weighted by Crippen LogP contribution is -2.28. The Bertz CT molecular complexity index is 1730. The Morgan fingerprint density at radius 1 is 1.13 bits per heavy atom. The topological polar surface area (TPSA) is 145 Å². The number of rotatable bonds is 7. The number of H-pyrrole nitrogens is 1. The number of nitrogen functional groups attached to an aromatic ring is 1. The number of nitriles is 1. The lowest BCUT2D eigenvalue weighted by Gasteiger charge is -2.17. The van der Waals surface area contributed by atoms with Crippen LogP contribution >= 0.6 is 11.6 Å². The number of nitrogens with zero attached hydrogens (tertiary/aromatic N) is 4. The summed E-state index contributed by atoms with van der Waals surface area (Å²) < 4.78 is 13.3. The molecule has 0 bridgehead atoms. The van der Waals surface area contributed by atoms with Gasteiger partial charge in [-0.2, -0.15) is 10.4 Å². The summed E-state index contributed by atoms with van der Waals surface area (Å²) in [7, 11) is 0. The van der Waals surface area contributed by atoms with Gasteiger partial charge in [0.25, 0.3) is 5.91 Å². The minimum atomic E-state index is -0.429. The van der Waals surface area contributed by atoms with Crippen molar-refractivity contribution in [3.05, 3.63) is 100 Å². The zero-order chi connectivity index (χ0) is 27.5. The van der Waals surface area contributed by atoms with E-state index in [0.29, 0.717) is 22.3 Å². The summed E-state index contributed by atoms with van der Waals surface area (Å²) in [4.78, 5) is 21.8. The number of anilines is 2. The molecule has 5 aromatic rings. The smallest absolute Gasteiger partial charge is 0.255 e. The van der Waals surface area contributed by atoms with E-state index in [1.165, 1.54) is 24.4 Å². The largest absolute Gasteiger partial charge is 0.382 e. The van der Waals surface area contributed by atoms with Crippen LogP contribution in [0.15, 0.2) is 67.0 Å². The molecule has 0 radical (unpaired) electrons. The van der Waals surface area contributed by atoms with Crippen molar-refractivity contribution in [2.45, 2.75) is 19.5 Å². The Morgan fingerprint density at radius 3 is 2.67 bits per heavy atom. The Hall–Kier alpha value is -5.01. The summed E-state index contributed by atoms with van der Waals surface area (Å²) in [6, 6.07) is 16.4. The van der Waals surface area contributed by atoms with Gasteiger partial charge in [-0.3, -0.25) is 9.89 Å². The van der Waals surface area contributed by atoms with Crippen LogP contribution in [0.2, 0.25) is 5.02 Å². The van der Waals surface area contributed by atoms with Crippen molar-refractivity contribution in [1.29, 1.82) is 5.26 Å². The number of hydrogen-bond acceptors (Lipinski definition) is 7. The fourth-order valence-electron chi connectivity index (χ4n) is 4.08. The van der Waals surface area contributed by atoms with E-state index in [1.807, 2.05) is 30.3 Å². The average Bonchev–Trinajstić information content (AvgIpc) is 3.32. The molecular formula is C28H22ClFN8O. The molecule has 5 rings (SSSR count). The second-order valence-electron chi connectivity index (χ2n) is 8.87. The molecule has 11 heteroatoms. The lowest BCUT2D eigenvalue weighted by atomic mass is 10.0. The molecule has 0 fully saturated rings. The first kappa shape index (κ1) is 25.6. The Labute approximate surface area is 227 Å². The number of fused-ring (bicyclic) bond motifs is 1. The number of halogens is 2. The number of carbonyl (C=O) groups excluding carboxylic acids is 1. The van der Waals surface area contributed by atoms with Crippen LogP contribution in [0.4, 0.5) is 16.0 Å². The fourth-order valence-corrected chi connectivity index (χ4v) is 4.33. The van der Waals surface area contributed by atoms with E-state index in [-0.39, 0.29) is 23.5 Å². The van der Waals surface area contributed by atoms with Gasteiger partial charge in [0.1, 0.15) is 17.7 Å². The number of pyridine rings is 2. The van der Waals surface area contributed by atoms with E-state index in [2.05, 4.69) is 30.8 Å². The minimum Gasteiger partial charge on any atom is -0.382 e. The second-order valence-corrected chi connectivity index (χ2v) is 9.27. The zero-order valence-electron chi connectivity index (χ0n) is 20.7. The van der Waals surface area contributed by atoms with Crippen molar-refractivity contribution < 1.29 is 9.18 Å². The van der Waals surface area contributed by atoms with Gasteiger partial charge in [-0.1, -0.05) is 35.9 Å². The van der Waals surface area contributed by atoms with E-state index in [4.69, 9.17) is 17.3 Å². The third-order valence-corrected chi connectivity index (χ3v) is 6.61. The van der Waals surface area contributed by atoms with Crippen molar-refractivity contribution >= 4 is 40.2 Å². The highest BCUT2D eigenvalue weighted by atomic mass is 35.5. The Kier molecular flexibility index (Phi) is 7.08. The number of hydrogen-bond donors (Lipinski definition) is 4. The maximum absolute atomic E-state index is 13.3. The van der Waals surface area contributed by atoms with Crippen molar-refractivity contribution in [2.24, 2.45) is 0 Å². The van der Waals surface area contributed by atoms with Crippen LogP contribution in [-0.2, 0) is 6.54 Å². The van der Waals surface area contributed by atoms with Gasteiger partial charge in [-0.05, 0) is 53.9 Å². The summed E-state index contributed by atoms with van der Waals surface area (Å²) in [6.45, 7) is 2.06. The van der Waals surface area contributed by atoms with Crippen molar-refractivity contribution in [1.82, 2.24) is 25.5 Å². The third-order valence-electron chi connectivity index (χ3n) is 6.26. The van der Waals surface area contributed by atoms with E-state index in [1.54, 1.807) is 25.3 Å². The minimum absolute atomic E-state index is 0.202. The van der Waals surface area contributed by atoms with Crippen molar-refractivity contribution in [3.8, 4) is 17.2 Å². The van der Waals surface area contributed by atoms with Gasteiger partial charge in [-0.25, -0.2) is 14.4 Å². The van der Waals surface area contributed by atoms with Crippen LogP contribution in [-0.4, -0.2) is 26.1 Å². The molecule has 39 heavy (non-hydrogen) atoms. The molecule has 3 heterocycles. The highest BCUT2D eigenvalue weighted by Gasteiger charge is 2.18. The van der Waals surface area contributed by atoms with Crippen LogP contribution in [0.3, 0.4) is 0 Å². The predicted octanol–water partition coefficient (Wildman–Crippen LogP) is 5.37. The second kappa shape index (κ2) is 10.8. The molecule has 0 saturated heterocycles. The third kappa shape index (κ3) is 5.49. The van der Waals surface area contributed by atoms with Crippen molar-refractivity contribution in [3.63, 3.8) is 0 Å². The summed E-state index contributed by atoms with van der Waals surface area (Å²) in [5, 5.41) is 23.3. The number of amides is 1. The van der Waals surface area contributed by atoms with Gasteiger partial charge in [0, 0.05) is 29.5 Å². The van der Waals surface area contributed by atoms with Gasteiger partial charge in [-0.15, -0.1) is 0 Å². The number of nitrogens with two attached hydrogens (primary N) is 1. The van der Waals surface area contributed by atoms with Crippen LogP contribution in [0.5, 0.6) is 0 Å². The number of benzene rings is 2. The molecule has 0 spiro atoms. The van der Waals surface area contributed by atoms with E-state index < -0.39 is 11.9 Å². The van der Waals surface area contributed by atoms with E-state index in [0.717, 1.165) is 27.6 Å². The molecule has 9 nitrogen and oxygen atoms in total. The van der Waals surface area contributed by atoms with Crippen LogP contribution in [0.1, 0.15) is 40.0 Å². The number of carbonyl (C=O) groups is 1. The molecule has 194 valence electrons. The van der Waals surface area contributed by atoms with Gasteiger partial charge >= 0.3 is 0 Å². The first-order chi connectivity index (χ1) is 18.8. The maximum Gasteiger partial charge on any atom is 0.255 e. The summed E-state index contributed by atoms with van der Waals surface area (Å²) in [5.74, 6) is -0.125. The van der Waals surface area contributed by atoms with Gasteiger partial charge in [0.15, 0.2) is 11.5 Å². The predicted molar refractivity (Wildman–Crippen MR) is 147 cm³/mol. The molecule has 5 N–H and O–H groups in total. The molecule has 0 aliphatic heterocycles. The zero-order valence-corrected chi connectivity index (χ0v) is 21.4. The number of nitrogens with one attached hydrogen (secondary N) is 3. The average molecular weight is 541 g/mol. The molecule has 0 aliphatic rings. The first-order valence-electron chi connectivity index (χ1n) is 11.9.